The smallest absolute Gasteiger partial charge is 0.0330 e. The summed E-state index contributed by atoms with van der Waals surface area (Å²) in [6.07, 6.45) is 14.8. The van der Waals surface area contributed by atoms with Crippen LogP contribution in [-0.4, -0.2) is 0 Å². The molecule has 0 aromatic heterocycles. The predicted molar refractivity (Wildman–Crippen MR) is 98.3 cm³/mol. The normalized spacial score (nSPS) is 9.15. The van der Waals surface area contributed by atoms with Crippen LogP contribution in [0.15, 0.2) is 38.0 Å². The minimum atomic E-state index is 0.780. The summed E-state index contributed by atoms with van der Waals surface area (Å²) in [5, 5.41) is 0. The SMILES string of the molecule is C=CCC(C)C.C=CCC(C)C.C=CCCCCCC. The van der Waals surface area contributed by atoms with Gasteiger partial charge in [0.1, 0.15) is 0 Å². The van der Waals surface area contributed by atoms with E-state index in [9.17, 15) is 0 Å². The second kappa shape index (κ2) is 23.3. The highest BCUT2D eigenvalue weighted by molar-refractivity contribution is 4.67. The molecule has 20 heavy (non-hydrogen) atoms. The summed E-state index contributed by atoms with van der Waals surface area (Å²) >= 11 is 0. The lowest BCUT2D eigenvalue weighted by Crippen LogP contribution is -1.78. The standard InChI is InChI=1S/C8H16.2C6H12/c1-3-5-7-8-6-4-2;2*1-4-5-6(2)3/h3H,1,4-8H2,2H3;2*4,6H,1,5H2,2-3H3. The van der Waals surface area contributed by atoms with Crippen molar-refractivity contribution in [2.24, 2.45) is 11.8 Å². The van der Waals surface area contributed by atoms with Crippen molar-refractivity contribution in [3.8, 4) is 0 Å². The molecule has 0 spiro atoms. The van der Waals surface area contributed by atoms with Gasteiger partial charge < -0.3 is 0 Å². The van der Waals surface area contributed by atoms with Gasteiger partial charge in [0.2, 0.25) is 0 Å². The van der Waals surface area contributed by atoms with E-state index >= 15 is 0 Å². The summed E-state index contributed by atoms with van der Waals surface area (Å²) in [5.41, 5.74) is 0. The molecule has 0 aliphatic rings. The predicted octanol–water partition coefficient (Wildman–Crippen LogP) is 7.58. The summed E-state index contributed by atoms with van der Waals surface area (Å²) in [4.78, 5) is 0. The molecule has 0 unspecified atom stereocenters. The van der Waals surface area contributed by atoms with E-state index in [1.165, 1.54) is 32.1 Å². The van der Waals surface area contributed by atoms with E-state index in [4.69, 9.17) is 0 Å². The quantitative estimate of drug-likeness (QED) is 0.301. The fraction of sp³-hybridized carbons (Fsp3) is 0.700. The van der Waals surface area contributed by atoms with E-state index in [1.807, 2.05) is 18.2 Å². The maximum atomic E-state index is 3.66. The first-order chi connectivity index (χ1) is 9.45. The first kappa shape index (κ1) is 24.3. The first-order valence-electron chi connectivity index (χ1n) is 8.28. The zero-order valence-corrected chi connectivity index (χ0v) is 15.0. The molecule has 120 valence electrons. The van der Waals surface area contributed by atoms with Crippen molar-refractivity contribution in [2.45, 2.75) is 79.6 Å². The van der Waals surface area contributed by atoms with Crippen LogP contribution in [0, 0.1) is 11.8 Å². The highest BCUT2D eigenvalue weighted by Gasteiger charge is 1.83. The molecule has 0 aliphatic heterocycles. The Labute approximate surface area is 130 Å². The highest BCUT2D eigenvalue weighted by atomic mass is 13.9. The van der Waals surface area contributed by atoms with Gasteiger partial charge in [-0.1, -0.05) is 72.1 Å². The number of allylic oxidation sites excluding steroid dienone is 3. The summed E-state index contributed by atoms with van der Waals surface area (Å²) in [5.74, 6) is 1.56. The molecule has 0 amide bonds. The van der Waals surface area contributed by atoms with Crippen LogP contribution in [0.2, 0.25) is 0 Å². The van der Waals surface area contributed by atoms with E-state index in [0.717, 1.165) is 24.7 Å². The molecule has 0 bridgehead atoms. The Bertz CT molecular complexity index is 172. The lowest BCUT2D eigenvalue weighted by atomic mass is 10.1. The molecule has 0 fully saturated rings. The molecule has 0 rings (SSSR count). The van der Waals surface area contributed by atoms with Gasteiger partial charge in [-0.05, 0) is 37.5 Å². The average Bonchev–Trinajstić information content (AvgIpc) is 2.36. The number of hydrogen-bond acceptors (Lipinski definition) is 0. The van der Waals surface area contributed by atoms with Crippen LogP contribution in [0.5, 0.6) is 0 Å². The molecule has 0 aromatic carbocycles. The zero-order chi connectivity index (χ0) is 16.2. The molecule has 0 aliphatic carbocycles. The Hall–Kier alpha value is -0.780. The Balaban J connectivity index is -0.000000221. The van der Waals surface area contributed by atoms with E-state index < -0.39 is 0 Å². The summed E-state index contributed by atoms with van der Waals surface area (Å²) in [7, 11) is 0. The van der Waals surface area contributed by atoms with Crippen LogP contribution >= 0.6 is 0 Å². The largest absolute Gasteiger partial charge is 0.103 e. The lowest BCUT2D eigenvalue weighted by Gasteiger charge is -1.92. The summed E-state index contributed by atoms with van der Waals surface area (Å²) in [6, 6.07) is 0. The maximum Gasteiger partial charge on any atom is -0.0330 e. The summed E-state index contributed by atoms with van der Waals surface area (Å²) < 4.78 is 0. The Morgan fingerprint density at radius 1 is 0.700 bits per heavy atom. The van der Waals surface area contributed by atoms with Crippen LogP contribution in [0.1, 0.15) is 79.6 Å². The fourth-order valence-electron chi connectivity index (χ4n) is 1.38. The molecule has 0 aromatic rings. The molecule has 0 saturated heterocycles. The topological polar surface area (TPSA) is 0 Å². The molecule has 0 nitrogen and oxygen atoms in total. The Morgan fingerprint density at radius 2 is 1.15 bits per heavy atom. The van der Waals surface area contributed by atoms with E-state index in [0.29, 0.717) is 0 Å². The van der Waals surface area contributed by atoms with Crippen LogP contribution in [0.25, 0.3) is 0 Å². The van der Waals surface area contributed by atoms with Crippen LogP contribution in [0.3, 0.4) is 0 Å². The maximum absolute atomic E-state index is 3.66. The molecule has 0 heteroatoms. The summed E-state index contributed by atoms with van der Waals surface area (Å²) in [6.45, 7) is 21.8. The van der Waals surface area contributed by atoms with Crippen molar-refractivity contribution in [2.75, 3.05) is 0 Å². The third-order valence-electron chi connectivity index (χ3n) is 2.54. The molecular formula is C20H40. The van der Waals surface area contributed by atoms with Gasteiger partial charge in [-0.3, -0.25) is 0 Å². The third kappa shape index (κ3) is 43.4. The van der Waals surface area contributed by atoms with Gasteiger partial charge in [0.05, 0.1) is 0 Å². The number of hydrogen-bond donors (Lipinski definition) is 0. The molecule has 0 saturated carbocycles. The first-order valence-corrected chi connectivity index (χ1v) is 8.28. The fourth-order valence-corrected chi connectivity index (χ4v) is 1.38. The Kier molecular flexibility index (Phi) is 28.3. The van der Waals surface area contributed by atoms with E-state index in [2.05, 4.69) is 54.4 Å². The van der Waals surface area contributed by atoms with Gasteiger partial charge in [0.15, 0.2) is 0 Å². The van der Waals surface area contributed by atoms with Gasteiger partial charge in [0.25, 0.3) is 0 Å². The van der Waals surface area contributed by atoms with Gasteiger partial charge >= 0.3 is 0 Å². The van der Waals surface area contributed by atoms with Crippen molar-refractivity contribution in [1.29, 1.82) is 0 Å². The minimum absolute atomic E-state index is 0.780. The van der Waals surface area contributed by atoms with Crippen molar-refractivity contribution < 1.29 is 0 Å². The van der Waals surface area contributed by atoms with Gasteiger partial charge in [0, 0.05) is 0 Å². The van der Waals surface area contributed by atoms with Crippen LogP contribution < -0.4 is 0 Å². The van der Waals surface area contributed by atoms with Gasteiger partial charge in [-0.15, -0.1) is 19.7 Å². The molecule has 0 N–H and O–H groups in total. The second-order valence-electron chi connectivity index (χ2n) is 5.97. The highest BCUT2D eigenvalue weighted by Crippen LogP contribution is 2.01. The molecule has 0 radical (unpaired) electrons. The van der Waals surface area contributed by atoms with E-state index in [1.54, 1.807) is 0 Å². The number of unbranched alkanes of at least 4 members (excludes halogenated alkanes) is 4. The van der Waals surface area contributed by atoms with Crippen molar-refractivity contribution >= 4 is 0 Å². The lowest BCUT2D eigenvalue weighted by molar-refractivity contribution is 0.664. The van der Waals surface area contributed by atoms with Crippen molar-refractivity contribution in [3.05, 3.63) is 38.0 Å². The van der Waals surface area contributed by atoms with Crippen molar-refractivity contribution in [1.82, 2.24) is 0 Å². The van der Waals surface area contributed by atoms with Gasteiger partial charge in [-0.25, -0.2) is 0 Å². The van der Waals surface area contributed by atoms with Crippen molar-refractivity contribution in [3.63, 3.8) is 0 Å². The van der Waals surface area contributed by atoms with Crippen LogP contribution in [0.4, 0.5) is 0 Å². The Morgan fingerprint density at radius 3 is 1.35 bits per heavy atom. The van der Waals surface area contributed by atoms with E-state index in [-0.39, 0.29) is 0 Å². The van der Waals surface area contributed by atoms with Crippen LogP contribution in [-0.2, 0) is 0 Å². The monoisotopic (exact) mass is 280 g/mol. The number of rotatable bonds is 9. The van der Waals surface area contributed by atoms with Gasteiger partial charge in [-0.2, -0.15) is 0 Å². The minimum Gasteiger partial charge on any atom is -0.103 e. The average molecular weight is 281 g/mol. The second-order valence-corrected chi connectivity index (χ2v) is 5.97. The zero-order valence-electron chi connectivity index (χ0n) is 15.0. The molecule has 0 heterocycles. The molecular weight excluding hydrogens is 240 g/mol. The molecule has 0 atom stereocenters. The third-order valence-corrected chi connectivity index (χ3v) is 2.54.